The van der Waals surface area contributed by atoms with Crippen LogP contribution in [0, 0.1) is 0 Å². The highest BCUT2D eigenvalue weighted by molar-refractivity contribution is 5.96. The smallest absolute Gasteiger partial charge is 0.254 e. The summed E-state index contributed by atoms with van der Waals surface area (Å²) in [6, 6.07) is 5.97. The van der Waals surface area contributed by atoms with E-state index in [0.717, 1.165) is 12.8 Å². The van der Waals surface area contributed by atoms with Gasteiger partial charge in [-0.15, -0.1) is 0 Å². The average molecular weight is 302 g/mol. The third-order valence-corrected chi connectivity index (χ3v) is 4.43. The summed E-state index contributed by atoms with van der Waals surface area (Å²) in [5.41, 5.74) is 3.35. The van der Waals surface area contributed by atoms with E-state index < -0.39 is 0 Å². The van der Waals surface area contributed by atoms with E-state index in [1.54, 1.807) is 11.9 Å². The van der Waals surface area contributed by atoms with Gasteiger partial charge in [0.1, 0.15) is 0 Å². The fraction of sp³-hybridized carbons (Fsp3) is 0.556. The van der Waals surface area contributed by atoms with Gasteiger partial charge in [-0.25, -0.2) is 0 Å². The van der Waals surface area contributed by atoms with E-state index in [1.165, 1.54) is 28.9 Å². The normalized spacial score (nSPS) is 13.4. The van der Waals surface area contributed by atoms with Crippen LogP contribution in [-0.2, 0) is 17.6 Å². The molecule has 0 spiro atoms. The van der Waals surface area contributed by atoms with E-state index in [4.69, 9.17) is 0 Å². The van der Waals surface area contributed by atoms with Gasteiger partial charge in [0.25, 0.3) is 5.91 Å². The van der Waals surface area contributed by atoms with Crippen molar-refractivity contribution in [3.63, 3.8) is 0 Å². The number of carbonyl (C=O) groups excluding carboxylic acids is 2. The van der Waals surface area contributed by atoms with E-state index in [1.807, 2.05) is 26.0 Å². The molecule has 0 N–H and O–H groups in total. The van der Waals surface area contributed by atoms with Crippen LogP contribution in [0.3, 0.4) is 0 Å². The summed E-state index contributed by atoms with van der Waals surface area (Å²) in [6.45, 7) is 5.39. The molecule has 4 heteroatoms. The molecular formula is C18H26N2O2. The summed E-state index contributed by atoms with van der Waals surface area (Å²) in [7, 11) is 1.70. The van der Waals surface area contributed by atoms with Crippen LogP contribution in [0.5, 0.6) is 0 Å². The maximum atomic E-state index is 12.5. The summed E-state index contributed by atoms with van der Waals surface area (Å²) in [4.78, 5) is 27.9. The molecule has 1 aliphatic carbocycles. The second kappa shape index (κ2) is 7.43. The largest absolute Gasteiger partial charge is 0.342 e. The molecule has 22 heavy (non-hydrogen) atoms. The first-order valence-electron chi connectivity index (χ1n) is 8.21. The Kier molecular flexibility index (Phi) is 5.58. The second-order valence-corrected chi connectivity index (χ2v) is 5.92. The van der Waals surface area contributed by atoms with Crippen LogP contribution in [0.4, 0.5) is 0 Å². The molecule has 1 aromatic carbocycles. The summed E-state index contributed by atoms with van der Waals surface area (Å²) >= 11 is 0. The molecule has 1 aromatic rings. The maximum Gasteiger partial charge on any atom is 0.254 e. The highest BCUT2D eigenvalue weighted by atomic mass is 16.2. The van der Waals surface area contributed by atoms with Crippen molar-refractivity contribution in [3.8, 4) is 0 Å². The van der Waals surface area contributed by atoms with E-state index in [9.17, 15) is 9.59 Å². The molecule has 0 saturated heterocycles. The molecule has 0 heterocycles. The fourth-order valence-electron chi connectivity index (χ4n) is 3.04. The lowest BCUT2D eigenvalue weighted by atomic mass is 9.90. The van der Waals surface area contributed by atoms with Crippen molar-refractivity contribution >= 4 is 11.8 Å². The summed E-state index contributed by atoms with van der Waals surface area (Å²) < 4.78 is 0. The number of hydrogen-bond donors (Lipinski definition) is 0. The van der Waals surface area contributed by atoms with Crippen LogP contribution < -0.4 is 0 Å². The van der Waals surface area contributed by atoms with E-state index in [0.29, 0.717) is 18.7 Å². The molecule has 2 rings (SSSR count). The number of amides is 2. The van der Waals surface area contributed by atoms with Gasteiger partial charge in [-0.3, -0.25) is 9.59 Å². The lowest BCUT2D eigenvalue weighted by Gasteiger charge is -2.24. The minimum atomic E-state index is -0.0751. The number of aryl methyl sites for hydroxylation is 2. The predicted octanol–water partition coefficient (Wildman–Crippen LogP) is 2.51. The van der Waals surface area contributed by atoms with Gasteiger partial charge >= 0.3 is 0 Å². The zero-order valence-electron chi connectivity index (χ0n) is 13.9. The minimum absolute atomic E-state index is 0.00110. The predicted molar refractivity (Wildman–Crippen MR) is 88.0 cm³/mol. The Balaban J connectivity index is 2.06. The van der Waals surface area contributed by atoms with Gasteiger partial charge in [0.2, 0.25) is 5.91 Å². The Labute approximate surface area is 133 Å². The van der Waals surface area contributed by atoms with Crippen LogP contribution in [-0.4, -0.2) is 48.3 Å². The first-order valence-corrected chi connectivity index (χ1v) is 8.21. The van der Waals surface area contributed by atoms with Crippen molar-refractivity contribution in [1.29, 1.82) is 0 Å². The third kappa shape index (κ3) is 3.67. The topological polar surface area (TPSA) is 40.6 Å². The third-order valence-electron chi connectivity index (χ3n) is 4.43. The van der Waals surface area contributed by atoms with E-state index in [2.05, 4.69) is 6.07 Å². The number of fused-ring (bicyclic) bond motifs is 1. The number of hydrogen-bond acceptors (Lipinski definition) is 2. The Morgan fingerprint density at radius 3 is 2.32 bits per heavy atom. The average Bonchev–Trinajstić information content (AvgIpc) is 2.54. The monoisotopic (exact) mass is 302 g/mol. The van der Waals surface area contributed by atoms with Gasteiger partial charge in [-0.1, -0.05) is 6.07 Å². The van der Waals surface area contributed by atoms with Crippen molar-refractivity contribution < 1.29 is 9.59 Å². The lowest BCUT2D eigenvalue weighted by Crippen LogP contribution is -2.41. The van der Waals surface area contributed by atoms with Crippen molar-refractivity contribution in [1.82, 2.24) is 9.80 Å². The first kappa shape index (κ1) is 16.5. The standard InChI is InChI=1S/C18H26N2O2/c1-4-20(5-2)17(21)13-19(3)18(22)16-11-10-14-8-6-7-9-15(14)12-16/h10-12H,4-9,13H2,1-3H3. The van der Waals surface area contributed by atoms with Crippen LogP contribution in [0.2, 0.25) is 0 Å². The lowest BCUT2D eigenvalue weighted by molar-refractivity contribution is -0.131. The Morgan fingerprint density at radius 2 is 1.68 bits per heavy atom. The van der Waals surface area contributed by atoms with Gasteiger partial charge < -0.3 is 9.80 Å². The molecule has 2 amide bonds. The fourth-order valence-corrected chi connectivity index (χ4v) is 3.04. The quantitative estimate of drug-likeness (QED) is 0.838. The molecule has 0 fully saturated rings. The number of carbonyl (C=O) groups is 2. The number of rotatable bonds is 5. The van der Waals surface area contributed by atoms with Gasteiger partial charge in [-0.2, -0.15) is 0 Å². The molecule has 1 aliphatic rings. The summed E-state index contributed by atoms with van der Waals surface area (Å²) in [5, 5.41) is 0. The summed E-state index contributed by atoms with van der Waals surface area (Å²) in [6.07, 6.45) is 4.60. The Hall–Kier alpha value is -1.84. The number of nitrogens with zero attached hydrogens (tertiary/aromatic N) is 2. The highest BCUT2D eigenvalue weighted by Gasteiger charge is 2.19. The van der Waals surface area contributed by atoms with E-state index >= 15 is 0 Å². The molecule has 0 atom stereocenters. The van der Waals surface area contributed by atoms with Gasteiger partial charge in [0.05, 0.1) is 6.54 Å². The molecule has 0 radical (unpaired) electrons. The molecule has 0 saturated carbocycles. The SMILES string of the molecule is CCN(CC)C(=O)CN(C)C(=O)c1ccc2c(c1)CCCC2. The molecule has 4 nitrogen and oxygen atoms in total. The van der Waals surface area contributed by atoms with Crippen molar-refractivity contribution in [2.75, 3.05) is 26.7 Å². The molecular weight excluding hydrogens is 276 g/mol. The number of benzene rings is 1. The van der Waals surface area contributed by atoms with E-state index in [-0.39, 0.29) is 18.4 Å². The maximum absolute atomic E-state index is 12.5. The zero-order valence-corrected chi connectivity index (χ0v) is 13.9. The van der Waals surface area contributed by atoms with Gasteiger partial charge in [0.15, 0.2) is 0 Å². The van der Waals surface area contributed by atoms with Crippen molar-refractivity contribution in [3.05, 3.63) is 34.9 Å². The minimum Gasteiger partial charge on any atom is -0.342 e. The van der Waals surface area contributed by atoms with Crippen molar-refractivity contribution in [2.24, 2.45) is 0 Å². The Morgan fingerprint density at radius 1 is 1.05 bits per heavy atom. The van der Waals surface area contributed by atoms with Crippen LogP contribution in [0.25, 0.3) is 0 Å². The van der Waals surface area contributed by atoms with Gasteiger partial charge in [-0.05, 0) is 62.8 Å². The molecule has 120 valence electrons. The van der Waals surface area contributed by atoms with Crippen molar-refractivity contribution in [2.45, 2.75) is 39.5 Å². The van der Waals surface area contributed by atoms with Crippen LogP contribution in [0.15, 0.2) is 18.2 Å². The molecule has 0 aliphatic heterocycles. The van der Waals surface area contributed by atoms with Crippen LogP contribution in [0.1, 0.15) is 48.2 Å². The molecule has 0 unspecified atom stereocenters. The van der Waals surface area contributed by atoms with Crippen LogP contribution >= 0.6 is 0 Å². The zero-order chi connectivity index (χ0) is 16.1. The molecule has 0 aromatic heterocycles. The second-order valence-electron chi connectivity index (χ2n) is 5.92. The highest BCUT2D eigenvalue weighted by Crippen LogP contribution is 2.22. The molecule has 0 bridgehead atoms. The summed E-state index contributed by atoms with van der Waals surface area (Å²) in [5.74, 6) is -0.0762. The first-order chi connectivity index (χ1) is 10.6. The van der Waals surface area contributed by atoms with Gasteiger partial charge in [0, 0.05) is 25.7 Å². The number of likely N-dealkylation sites (N-methyl/N-ethyl adjacent to an activating group) is 2. The Bertz CT molecular complexity index is 550.